The minimum atomic E-state index is 0.425. The molecule has 1 aromatic rings. The Bertz CT molecular complexity index is 289. The van der Waals surface area contributed by atoms with Gasteiger partial charge in [-0.3, -0.25) is 4.68 Å². The Labute approximate surface area is 86.5 Å². The first kappa shape index (κ1) is 11.2. The molecular formula is C11H21N3. The van der Waals surface area contributed by atoms with Gasteiger partial charge in [-0.2, -0.15) is 5.10 Å². The van der Waals surface area contributed by atoms with Crippen LogP contribution in [0.1, 0.15) is 38.1 Å². The molecule has 0 bridgehead atoms. The van der Waals surface area contributed by atoms with Gasteiger partial charge >= 0.3 is 0 Å². The number of hydrogen-bond donors (Lipinski definition) is 1. The molecule has 0 fully saturated rings. The Kier molecular flexibility index (Phi) is 3.69. The number of nitrogens with zero attached hydrogens (tertiary/aromatic N) is 2. The molecule has 1 atom stereocenters. The molecule has 0 amide bonds. The molecule has 1 unspecified atom stereocenters. The minimum Gasteiger partial charge on any atom is -0.310 e. The Morgan fingerprint density at radius 3 is 2.50 bits per heavy atom. The van der Waals surface area contributed by atoms with Crippen LogP contribution < -0.4 is 5.32 Å². The number of aromatic nitrogens is 2. The highest BCUT2D eigenvalue weighted by atomic mass is 15.3. The van der Waals surface area contributed by atoms with E-state index in [1.807, 2.05) is 17.9 Å². The molecule has 1 aromatic heterocycles. The van der Waals surface area contributed by atoms with Crippen molar-refractivity contribution in [3.8, 4) is 0 Å². The third kappa shape index (κ3) is 2.15. The van der Waals surface area contributed by atoms with Crippen LogP contribution in [0.25, 0.3) is 0 Å². The van der Waals surface area contributed by atoms with Crippen LogP contribution in [-0.2, 0) is 7.05 Å². The second-order valence-corrected chi connectivity index (χ2v) is 4.09. The molecule has 14 heavy (non-hydrogen) atoms. The lowest BCUT2D eigenvalue weighted by Gasteiger charge is -2.21. The van der Waals surface area contributed by atoms with E-state index in [1.165, 1.54) is 11.3 Å². The van der Waals surface area contributed by atoms with Crippen LogP contribution in [0.15, 0.2) is 6.20 Å². The van der Waals surface area contributed by atoms with Crippen molar-refractivity contribution in [2.45, 2.75) is 33.7 Å². The van der Waals surface area contributed by atoms with Crippen LogP contribution in [0.2, 0.25) is 0 Å². The van der Waals surface area contributed by atoms with Gasteiger partial charge in [0.15, 0.2) is 0 Å². The van der Waals surface area contributed by atoms with Crippen LogP contribution in [0, 0.1) is 12.8 Å². The molecule has 0 aromatic carbocycles. The summed E-state index contributed by atoms with van der Waals surface area (Å²) in [6.07, 6.45) is 1.97. The first-order valence-electron chi connectivity index (χ1n) is 5.29. The fourth-order valence-corrected chi connectivity index (χ4v) is 1.75. The van der Waals surface area contributed by atoms with E-state index in [1.54, 1.807) is 0 Å². The molecule has 0 saturated carbocycles. The highest BCUT2D eigenvalue weighted by Gasteiger charge is 2.18. The SMILES string of the molecule is CCNC(c1cnn(C)c1C)C(C)C. The van der Waals surface area contributed by atoms with Crippen LogP contribution in [-0.4, -0.2) is 16.3 Å². The van der Waals surface area contributed by atoms with Gasteiger partial charge in [-0.05, 0) is 19.4 Å². The predicted octanol–water partition coefficient (Wildman–Crippen LogP) is 2.04. The number of hydrogen-bond acceptors (Lipinski definition) is 2. The van der Waals surface area contributed by atoms with Crippen molar-refractivity contribution in [2.24, 2.45) is 13.0 Å². The molecule has 0 aliphatic rings. The maximum atomic E-state index is 4.28. The van der Waals surface area contributed by atoms with E-state index in [-0.39, 0.29) is 0 Å². The van der Waals surface area contributed by atoms with Gasteiger partial charge in [0, 0.05) is 24.3 Å². The van der Waals surface area contributed by atoms with Crippen molar-refractivity contribution < 1.29 is 0 Å². The summed E-state index contributed by atoms with van der Waals surface area (Å²) < 4.78 is 1.93. The van der Waals surface area contributed by atoms with E-state index in [4.69, 9.17) is 0 Å². The van der Waals surface area contributed by atoms with E-state index in [2.05, 4.69) is 38.1 Å². The van der Waals surface area contributed by atoms with Gasteiger partial charge in [0.1, 0.15) is 0 Å². The van der Waals surface area contributed by atoms with Crippen molar-refractivity contribution >= 4 is 0 Å². The molecule has 3 heteroatoms. The van der Waals surface area contributed by atoms with Crippen LogP contribution >= 0.6 is 0 Å². The highest BCUT2D eigenvalue weighted by molar-refractivity contribution is 5.21. The fraction of sp³-hybridized carbons (Fsp3) is 0.727. The standard InChI is InChI=1S/C11H21N3/c1-6-12-11(8(2)3)10-7-13-14(5)9(10)4/h7-8,11-12H,6H2,1-5H3. The summed E-state index contributed by atoms with van der Waals surface area (Å²) in [6, 6.07) is 0.425. The number of rotatable bonds is 4. The topological polar surface area (TPSA) is 29.9 Å². The lowest BCUT2D eigenvalue weighted by Crippen LogP contribution is -2.25. The van der Waals surface area contributed by atoms with E-state index in [0.29, 0.717) is 12.0 Å². The predicted molar refractivity (Wildman–Crippen MR) is 59.2 cm³/mol. The Morgan fingerprint density at radius 2 is 2.14 bits per heavy atom. The molecule has 0 saturated heterocycles. The van der Waals surface area contributed by atoms with Crippen LogP contribution in [0.4, 0.5) is 0 Å². The Balaban J connectivity index is 2.93. The maximum Gasteiger partial charge on any atom is 0.0540 e. The molecule has 1 heterocycles. The summed E-state index contributed by atoms with van der Waals surface area (Å²) in [4.78, 5) is 0. The third-order valence-corrected chi connectivity index (χ3v) is 2.70. The van der Waals surface area contributed by atoms with Crippen molar-refractivity contribution in [2.75, 3.05) is 6.54 Å². The minimum absolute atomic E-state index is 0.425. The first-order valence-corrected chi connectivity index (χ1v) is 5.29. The molecule has 80 valence electrons. The smallest absolute Gasteiger partial charge is 0.0540 e. The van der Waals surface area contributed by atoms with Crippen LogP contribution in [0.5, 0.6) is 0 Å². The highest BCUT2D eigenvalue weighted by Crippen LogP contribution is 2.23. The summed E-state index contributed by atoms with van der Waals surface area (Å²) >= 11 is 0. The zero-order valence-corrected chi connectivity index (χ0v) is 9.83. The van der Waals surface area contributed by atoms with Gasteiger partial charge < -0.3 is 5.32 Å². The van der Waals surface area contributed by atoms with Gasteiger partial charge in [0.2, 0.25) is 0 Å². The zero-order chi connectivity index (χ0) is 10.7. The van der Waals surface area contributed by atoms with E-state index >= 15 is 0 Å². The zero-order valence-electron chi connectivity index (χ0n) is 9.83. The number of nitrogens with one attached hydrogen (secondary N) is 1. The largest absolute Gasteiger partial charge is 0.310 e. The lowest BCUT2D eigenvalue weighted by molar-refractivity contribution is 0.419. The average molecular weight is 195 g/mol. The van der Waals surface area contributed by atoms with Crippen molar-refractivity contribution in [3.63, 3.8) is 0 Å². The maximum absolute atomic E-state index is 4.28. The third-order valence-electron chi connectivity index (χ3n) is 2.70. The monoisotopic (exact) mass is 195 g/mol. The average Bonchev–Trinajstić information content (AvgIpc) is 2.44. The summed E-state index contributed by atoms with van der Waals surface area (Å²) in [5.41, 5.74) is 2.58. The molecule has 1 N–H and O–H groups in total. The van der Waals surface area contributed by atoms with Crippen molar-refractivity contribution in [1.82, 2.24) is 15.1 Å². The second kappa shape index (κ2) is 4.60. The molecule has 0 aliphatic carbocycles. The molecule has 3 nitrogen and oxygen atoms in total. The Hall–Kier alpha value is -0.830. The van der Waals surface area contributed by atoms with Crippen LogP contribution in [0.3, 0.4) is 0 Å². The van der Waals surface area contributed by atoms with Crippen molar-refractivity contribution in [3.05, 3.63) is 17.5 Å². The van der Waals surface area contributed by atoms with Crippen molar-refractivity contribution in [1.29, 1.82) is 0 Å². The quantitative estimate of drug-likeness (QED) is 0.796. The molecule has 0 aliphatic heterocycles. The summed E-state index contributed by atoms with van der Waals surface area (Å²) in [6.45, 7) is 9.73. The molecular weight excluding hydrogens is 174 g/mol. The first-order chi connectivity index (χ1) is 6.57. The van der Waals surface area contributed by atoms with E-state index in [0.717, 1.165) is 6.54 Å². The second-order valence-electron chi connectivity index (χ2n) is 4.09. The molecule has 1 rings (SSSR count). The van der Waals surface area contributed by atoms with Gasteiger partial charge in [0.05, 0.1) is 6.20 Å². The Morgan fingerprint density at radius 1 is 1.50 bits per heavy atom. The summed E-state index contributed by atoms with van der Waals surface area (Å²) in [5, 5.41) is 7.78. The summed E-state index contributed by atoms with van der Waals surface area (Å²) in [5.74, 6) is 0.595. The van der Waals surface area contributed by atoms with Gasteiger partial charge in [0.25, 0.3) is 0 Å². The molecule has 0 spiro atoms. The van der Waals surface area contributed by atoms with E-state index < -0.39 is 0 Å². The van der Waals surface area contributed by atoms with E-state index in [9.17, 15) is 0 Å². The van der Waals surface area contributed by atoms with Gasteiger partial charge in [-0.15, -0.1) is 0 Å². The van der Waals surface area contributed by atoms with Gasteiger partial charge in [-0.1, -0.05) is 20.8 Å². The molecule has 0 radical (unpaired) electrons. The fourth-order valence-electron chi connectivity index (χ4n) is 1.75. The lowest BCUT2D eigenvalue weighted by atomic mass is 9.97. The van der Waals surface area contributed by atoms with Gasteiger partial charge in [-0.25, -0.2) is 0 Å². The normalized spacial score (nSPS) is 13.6. The summed E-state index contributed by atoms with van der Waals surface area (Å²) in [7, 11) is 1.99. The number of aryl methyl sites for hydroxylation is 1.